The van der Waals surface area contributed by atoms with Crippen LogP contribution in [0.15, 0.2) is 48.5 Å². The second-order valence-electron chi connectivity index (χ2n) is 7.69. The topological polar surface area (TPSA) is 127 Å². The van der Waals surface area contributed by atoms with Crippen LogP contribution >= 0.6 is 0 Å². The highest BCUT2D eigenvalue weighted by molar-refractivity contribution is 7.91. The van der Waals surface area contributed by atoms with E-state index in [1.54, 1.807) is 36.4 Å². The first-order valence-electron chi connectivity index (χ1n) is 9.94. The van der Waals surface area contributed by atoms with Crippen LogP contribution in [-0.4, -0.2) is 61.2 Å². The van der Waals surface area contributed by atoms with Crippen LogP contribution < -0.4 is 5.32 Å². The number of rotatable bonds is 6. The third kappa shape index (κ3) is 4.54. The Morgan fingerprint density at radius 3 is 2.34 bits per heavy atom. The number of amides is 3. The second-order valence-corrected chi connectivity index (χ2v) is 9.91. The second kappa shape index (κ2) is 8.54. The largest absolute Gasteiger partial charge is 0.452 e. The van der Waals surface area contributed by atoms with E-state index >= 15 is 0 Å². The summed E-state index contributed by atoms with van der Waals surface area (Å²) >= 11 is 0. The van der Waals surface area contributed by atoms with Crippen LogP contribution in [0.2, 0.25) is 0 Å². The quantitative estimate of drug-likeness (QED) is 0.506. The number of benzene rings is 2. The van der Waals surface area contributed by atoms with Gasteiger partial charge in [-0.2, -0.15) is 0 Å². The zero-order valence-electron chi connectivity index (χ0n) is 16.9. The maximum atomic E-state index is 12.5. The highest BCUT2D eigenvalue weighted by atomic mass is 32.2. The van der Waals surface area contributed by atoms with E-state index in [0.29, 0.717) is 23.1 Å². The molecule has 10 heteroatoms. The average molecular weight is 456 g/mol. The lowest BCUT2D eigenvalue weighted by molar-refractivity contribution is -0.124. The molecule has 1 fully saturated rings. The molecule has 1 atom stereocenters. The first-order valence-corrected chi connectivity index (χ1v) is 11.8. The van der Waals surface area contributed by atoms with Gasteiger partial charge in [0, 0.05) is 6.04 Å². The zero-order chi connectivity index (χ0) is 22.9. The van der Waals surface area contributed by atoms with Crippen molar-refractivity contribution >= 4 is 33.5 Å². The fraction of sp³-hybridized carbons (Fsp3) is 0.273. The van der Waals surface area contributed by atoms with Crippen molar-refractivity contribution in [2.24, 2.45) is 0 Å². The van der Waals surface area contributed by atoms with Crippen molar-refractivity contribution in [3.05, 3.63) is 70.8 Å². The van der Waals surface area contributed by atoms with Crippen LogP contribution in [0.5, 0.6) is 0 Å². The van der Waals surface area contributed by atoms with Crippen molar-refractivity contribution in [3.8, 4) is 0 Å². The molecular weight excluding hydrogens is 436 g/mol. The molecule has 4 rings (SSSR count). The molecule has 0 aromatic heterocycles. The normalized spacial score (nSPS) is 19.0. The van der Waals surface area contributed by atoms with Crippen molar-refractivity contribution in [2.75, 3.05) is 18.1 Å². The summed E-state index contributed by atoms with van der Waals surface area (Å²) in [5, 5.41) is 2.54. The monoisotopic (exact) mass is 456 g/mol. The zero-order valence-corrected chi connectivity index (χ0v) is 17.8. The van der Waals surface area contributed by atoms with E-state index in [-0.39, 0.29) is 23.6 Å². The predicted octanol–water partition coefficient (Wildman–Crippen LogP) is 0.943. The number of ether oxygens (including phenoxy) is 1. The molecule has 0 spiro atoms. The van der Waals surface area contributed by atoms with Gasteiger partial charge in [-0.05, 0) is 36.2 Å². The summed E-state index contributed by atoms with van der Waals surface area (Å²) in [6, 6.07) is 12.3. The van der Waals surface area contributed by atoms with Gasteiger partial charge in [0.15, 0.2) is 16.4 Å². The van der Waals surface area contributed by atoms with Gasteiger partial charge in [-0.25, -0.2) is 13.2 Å². The van der Waals surface area contributed by atoms with Gasteiger partial charge in [0.05, 0.1) is 34.7 Å². The van der Waals surface area contributed by atoms with E-state index in [1.165, 1.54) is 12.1 Å². The molecule has 1 saturated heterocycles. The van der Waals surface area contributed by atoms with Gasteiger partial charge in [-0.3, -0.25) is 19.3 Å². The Balaban J connectivity index is 1.35. The number of hydrogen-bond donors (Lipinski definition) is 1. The molecule has 32 heavy (non-hydrogen) atoms. The Morgan fingerprint density at radius 2 is 1.72 bits per heavy atom. The highest BCUT2D eigenvalue weighted by Crippen LogP contribution is 2.24. The molecule has 0 bridgehead atoms. The smallest absolute Gasteiger partial charge is 0.338 e. The molecule has 2 aromatic carbocycles. The highest BCUT2D eigenvalue weighted by Gasteiger charge is 2.35. The minimum atomic E-state index is -3.13. The van der Waals surface area contributed by atoms with Crippen molar-refractivity contribution in [2.45, 2.75) is 19.0 Å². The van der Waals surface area contributed by atoms with Crippen LogP contribution in [0, 0.1) is 0 Å². The molecule has 0 saturated carbocycles. The summed E-state index contributed by atoms with van der Waals surface area (Å²) in [6.45, 7) is -0.553. The Morgan fingerprint density at radius 1 is 1.03 bits per heavy atom. The van der Waals surface area contributed by atoms with Crippen LogP contribution in [0.1, 0.15) is 43.1 Å². The third-order valence-electron chi connectivity index (χ3n) is 5.31. The van der Waals surface area contributed by atoms with E-state index in [9.17, 15) is 27.6 Å². The van der Waals surface area contributed by atoms with E-state index in [1.807, 2.05) is 0 Å². The predicted molar refractivity (Wildman–Crippen MR) is 113 cm³/mol. The number of hydrogen-bond acceptors (Lipinski definition) is 7. The number of fused-ring (bicyclic) bond motifs is 1. The van der Waals surface area contributed by atoms with E-state index in [0.717, 1.165) is 4.90 Å². The fourth-order valence-corrected chi connectivity index (χ4v) is 5.43. The minimum Gasteiger partial charge on any atom is -0.452 e. The van der Waals surface area contributed by atoms with Gasteiger partial charge < -0.3 is 10.1 Å². The Hall–Kier alpha value is -3.53. The van der Waals surface area contributed by atoms with Gasteiger partial charge in [0.1, 0.15) is 0 Å². The number of nitrogens with zero attached hydrogens (tertiary/aromatic N) is 1. The molecular formula is C22H20N2O7S. The number of esters is 1. The van der Waals surface area contributed by atoms with Gasteiger partial charge in [-0.1, -0.05) is 24.3 Å². The van der Waals surface area contributed by atoms with Crippen molar-refractivity contribution in [3.63, 3.8) is 0 Å². The Labute approximate surface area is 184 Å². The van der Waals surface area contributed by atoms with E-state index in [4.69, 9.17) is 4.74 Å². The summed E-state index contributed by atoms with van der Waals surface area (Å²) in [4.78, 5) is 50.5. The Bertz CT molecular complexity index is 1190. The molecule has 2 aliphatic heterocycles. The fourth-order valence-electron chi connectivity index (χ4n) is 3.75. The number of sulfone groups is 1. The Kier molecular flexibility index (Phi) is 5.79. The molecule has 0 radical (unpaired) electrons. The van der Waals surface area contributed by atoms with Crippen LogP contribution in [-0.2, 0) is 25.9 Å². The van der Waals surface area contributed by atoms with Crippen molar-refractivity contribution < 1.29 is 32.3 Å². The number of carbonyl (C=O) groups is 4. The van der Waals surface area contributed by atoms with E-state index in [2.05, 4.69) is 5.32 Å². The molecule has 2 aliphatic rings. The number of nitrogens with one attached hydrogen (secondary N) is 1. The van der Waals surface area contributed by atoms with Crippen molar-refractivity contribution in [1.29, 1.82) is 0 Å². The lowest BCUT2D eigenvalue weighted by Gasteiger charge is -2.14. The SMILES string of the molecule is O=C(COC(=O)c1cccc(CN2C(=O)c3ccccc3C2=O)c1)NC1CCS(=O)(=O)C1. The van der Waals surface area contributed by atoms with Crippen molar-refractivity contribution in [1.82, 2.24) is 10.2 Å². The van der Waals surface area contributed by atoms with Gasteiger partial charge in [-0.15, -0.1) is 0 Å². The van der Waals surface area contributed by atoms with Crippen LogP contribution in [0.25, 0.3) is 0 Å². The summed E-state index contributed by atoms with van der Waals surface area (Å²) < 4.78 is 27.9. The summed E-state index contributed by atoms with van der Waals surface area (Å²) in [6.07, 6.45) is 0.335. The minimum absolute atomic E-state index is 0.00981. The lowest BCUT2D eigenvalue weighted by Crippen LogP contribution is -2.38. The lowest BCUT2D eigenvalue weighted by atomic mass is 10.1. The van der Waals surface area contributed by atoms with Gasteiger partial charge in [0.2, 0.25) is 0 Å². The summed E-state index contributed by atoms with van der Waals surface area (Å²) in [5.41, 5.74) is 1.40. The molecule has 9 nitrogen and oxygen atoms in total. The average Bonchev–Trinajstić information content (AvgIpc) is 3.23. The standard InChI is InChI=1S/C22H20N2O7S/c25-19(23-16-8-9-32(29,30)13-16)12-31-22(28)15-5-3-4-14(10-15)11-24-20(26)17-6-1-2-7-18(17)21(24)27/h1-7,10,16H,8-9,11-13H2,(H,23,25). The maximum Gasteiger partial charge on any atom is 0.338 e. The van der Waals surface area contributed by atoms with Gasteiger partial charge in [0.25, 0.3) is 17.7 Å². The first kappa shape index (κ1) is 21.7. The molecule has 2 heterocycles. The maximum absolute atomic E-state index is 12.5. The van der Waals surface area contributed by atoms with E-state index < -0.39 is 46.2 Å². The molecule has 0 aliphatic carbocycles. The first-order chi connectivity index (χ1) is 15.2. The van der Waals surface area contributed by atoms with Crippen LogP contribution in [0.4, 0.5) is 0 Å². The summed E-state index contributed by atoms with van der Waals surface area (Å²) in [7, 11) is -3.13. The number of carbonyl (C=O) groups excluding carboxylic acids is 4. The third-order valence-corrected chi connectivity index (χ3v) is 7.08. The van der Waals surface area contributed by atoms with Crippen LogP contribution in [0.3, 0.4) is 0 Å². The molecule has 166 valence electrons. The molecule has 2 aromatic rings. The summed E-state index contributed by atoms with van der Waals surface area (Å²) in [5.74, 6) is -2.22. The molecule has 1 N–H and O–H groups in total. The molecule has 1 unspecified atom stereocenters. The molecule has 3 amide bonds. The number of imide groups is 1. The van der Waals surface area contributed by atoms with Gasteiger partial charge >= 0.3 is 5.97 Å².